The molecule has 5 heteroatoms. The number of carbonyl (C=O) groups excluding carboxylic acids is 1. The predicted molar refractivity (Wildman–Crippen MR) is 57.5 cm³/mol. The van der Waals surface area contributed by atoms with Gasteiger partial charge in [-0.25, -0.2) is 4.79 Å². The first-order valence-electron chi connectivity index (χ1n) is 4.15. The largest absolute Gasteiger partial charge is 0.462 e. The van der Waals surface area contributed by atoms with Crippen molar-refractivity contribution in [1.29, 1.82) is 0 Å². The van der Waals surface area contributed by atoms with Crippen LogP contribution in [0.15, 0.2) is 23.1 Å². The van der Waals surface area contributed by atoms with Crippen molar-refractivity contribution in [1.82, 2.24) is 0 Å². The molecule has 1 aromatic rings. The highest BCUT2D eigenvalue weighted by Gasteiger charge is 2.10. The summed E-state index contributed by atoms with van der Waals surface area (Å²) in [4.78, 5) is 12.0. The van der Waals surface area contributed by atoms with Gasteiger partial charge < -0.3 is 10.2 Å². The number of thiol groups is 1. The number of ether oxygens (including phenoxy) is 1. The number of hydrogen-bond donors (Lipinski definition) is 3. The van der Waals surface area contributed by atoms with Crippen LogP contribution in [0.2, 0.25) is 0 Å². The van der Waals surface area contributed by atoms with Crippen LogP contribution < -0.4 is 11.3 Å². The van der Waals surface area contributed by atoms with Crippen molar-refractivity contribution in [2.24, 2.45) is 5.84 Å². The minimum atomic E-state index is -0.394. The first kappa shape index (κ1) is 10.9. The van der Waals surface area contributed by atoms with Crippen molar-refractivity contribution in [3.05, 3.63) is 23.8 Å². The molecule has 0 saturated heterocycles. The minimum Gasteiger partial charge on any atom is -0.462 e. The Bertz CT molecular complexity index is 342. The molecule has 76 valence electrons. The van der Waals surface area contributed by atoms with Crippen LogP contribution in [0.5, 0.6) is 0 Å². The maximum absolute atomic E-state index is 11.4. The van der Waals surface area contributed by atoms with Crippen LogP contribution >= 0.6 is 12.6 Å². The molecule has 0 heterocycles. The van der Waals surface area contributed by atoms with Gasteiger partial charge in [-0.3, -0.25) is 5.84 Å². The van der Waals surface area contributed by atoms with E-state index < -0.39 is 5.97 Å². The molecule has 1 aromatic carbocycles. The molecule has 4 nitrogen and oxygen atoms in total. The molecule has 0 aromatic heterocycles. The molecule has 0 unspecified atom stereocenters. The summed E-state index contributed by atoms with van der Waals surface area (Å²) in [6.45, 7) is 2.09. The number of nitrogens with one attached hydrogen (secondary N) is 1. The van der Waals surface area contributed by atoms with Crippen LogP contribution in [0, 0.1) is 0 Å². The van der Waals surface area contributed by atoms with Crippen LogP contribution in [-0.2, 0) is 4.74 Å². The van der Waals surface area contributed by atoms with Gasteiger partial charge in [-0.1, -0.05) is 0 Å². The summed E-state index contributed by atoms with van der Waals surface area (Å²) in [5.74, 6) is 4.82. The number of benzene rings is 1. The average molecular weight is 212 g/mol. The van der Waals surface area contributed by atoms with Crippen LogP contribution in [0.4, 0.5) is 5.69 Å². The fourth-order valence-electron chi connectivity index (χ4n) is 0.998. The summed E-state index contributed by atoms with van der Waals surface area (Å²) in [7, 11) is 0. The lowest BCUT2D eigenvalue weighted by molar-refractivity contribution is 0.0522. The first-order chi connectivity index (χ1) is 6.69. The topological polar surface area (TPSA) is 64.3 Å². The van der Waals surface area contributed by atoms with Crippen molar-refractivity contribution in [2.75, 3.05) is 12.0 Å². The van der Waals surface area contributed by atoms with Crippen molar-refractivity contribution < 1.29 is 9.53 Å². The number of hydrogen-bond acceptors (Lipinski definition) is 5. The highest BCUT2D eigenvalue weighted by atomic mass is 32.1. The molecular formula is C9H12N2O2S. The highest BCUT2D eigenvalue weighted by Crippen LogP contribution is 2.19. The number of esters is 1. The van der Waals surface area contributed by atoms with Gasteiger partial charge in [0.1, 0.15) is 0 Å². The van der Waals surface area contributed by atoms with Gasteiger partial charge in [0, 0.05) is 10.6 Å². The standard InChI is InChI=1S/C9H12N2O2S/c1-2-13-9(12)7-5-6(11-10)3-4-8(7)14/h3-5,11,14H,2,10H2,1H3. The maximum atomic E-state index is 11.4. The normalized spacial score (nSPS) is 9.64. The third-order valence-electron chi connectivity index (χ3n) is 1.66. The van der Waals surface area contributed by atoms with Gasteiger partial charge in [-0.05, 0) is 25.1 Å². The van der Waals surface area contributed by atoms with E-state index >= 15 is 0 Å². The maximum Gasteiger partial charge on any atom is 0.339 e. The van der Waals surface area contributed by atoms with Crippen molar-refractivity contribution in [3.63, 3.8) is 0 Å². The van der Waals surface area contributed by atoms with E-state index in [1.807, 2.05) is 0 Å². The second-order valence-electron chi connectivity index (χ2n) is 2.60. The molecule has 0 aliphatic rings. The summed E-state index contributed by atoms with van der Waals surface area (Å²) >= 11 is 4.15. The zero-order valence-corrected chi connectivity index (χ0v) is 8.67. The van der Waals surface area contributed by atoms with Gasteiger partial charge in [-0.15, -0.1) is 12.6 Å². The molecule has 1 rings (SSSR count). The number of carbonyl (C=O) groups is 1. The SMILES string of the molecule is CCOC(=O)c1cc(NN)ccc1S. The number of anilines is 1. The van der Waals surface area contributed by atoms with Crippen LogP contribution in [-0.4, -0.2) is 12.6 Å². The van der Waals surface area contributed by atoms with Gasteiger partial charge in [0.25, 0.3) is 0 Å². The summed E-state index contributed by atoms with van der Waals surface area (Å²) in [6.07, 6.45) is 0. The second kappa shape index (κ2) is 4.88. The zero-order valence-electron chi connectivity index (χ0n) is 7.78. The minimum absolute atomic E-state index is 0.340. The Kier molecular flexibility index (Phi) is 3.79. The van der Waals surface area contributed by atoms with Crippen LogP contribution in [0.25, 0.3) is 0 Å². The predicted octanol–water partition coefficient (Wildman–Crippen LogP) is 1.44. The monoisotopic (exact) mass is 212 g/mol. The van der Waals surface area contributed by atoms with E-state index in [9.17, 15) is 4.79 Å². The smallest absolute Gasteiger partial charge is 0.339 e. The zero-order chi connectivity index (χ0) is 10.6. The van der Waals surface area contributed by atoms with Gasteiger partial charge in [-0.2, -0.15) is 0 Å². The van der Waals surface area contributed by atoms with Crippen LogP contribution in [0.1, 0.15) is 17.3 Å². The first-order valence-corrected chi connectivity index (χ1v) is 4.60. The Hall–Kier alpha value is -1.20. The Morgan fingerprint density at radius 1 is 1.64 bits per heavy atom. The summed E-state index contributed by atoms with van der Waals surface area (Å²) in [5, 5.41) is 0. The molecule has 0 spiro atoms. The van der Waals surface area contributed by atoms with Crippen molar-refractivity contribution in [2.45, 2.75) is 11.8 Å². The van der Waals surface area contributed by atoms with Gasteiger partial charge in [0.15, 0.2) is 0 Å². The molecule has 3 N–H and O–H groups in total. The Morgan fingerprint density at radius 2 is 2.36 bits per heavy atom. The van der Waals surface area contributed by atoms with E-state index in [4.69, 9.17) is 10.6 Å². The Morgan fingerprint density at radius 3 is 2.93 bits per heavy atom. The fourth-order valence-corrected chi connectivity index (χ4v) is 1.23. The number of rotatable bonds is 3. The summed E-state index contributed by atoms with van der Waals surface area (Å²) < 4.78 is 4.85. The van der Waals surface area contributed by atoms with Gasteiger partial charge >= 0.3 is 5.97 Å². The van der Waals surface area contributed by atoms with E-state index in [0.717, 1.165) is 0 Å². The van der Waals surface area contributed by atoms with Crippen LogP contribution in [0.3, 0.4) is 0 Å². The molecule has 0 aliphatic carbocycles. The van der Waals surface area contributed by atoms with E-state index in [2.05, 4.69) is 18.1 Å². The molecule has 0 saturated carbocycles. The summed E-state index contributed by atoms with van der Waals surface area (Å²) in [5.41, 5.74) is 3.50. The highest BCUT2D eigenvalue weighted by molar-refractivity contribution is 7.80. The molecule has 0 atom stereocenters. The second-order valence-corrected chi connectivity index (χ2v) is 3.08. The number of hydrazine groups is 1. The third kappa shape index (κ3) is 2.40. The van der Waals surface area contributed by atoms with Crippen molar-refractivity contribution >= 4 is 24.3 Å². The fraction of sp³-hybridized carbons (Fsp3) is 0.222. The van der Waals surface area contributed by atoms with E-state index in [1.54, 1.807) is 25.1 Å². The number of nitrogen functional groups attached to an aromatic ring is 1. The Balaban J connectivity index is 2.99. The molecular weight excluding hydrogens is 200 g/mol. The molecule has 0 radical (unpaired) electrons. The van der Waals surface area contributed by atoms with Crippen molar-refractivity contribution in [3.8, 4) is 0 Å². The molecule has 14 heavy (non-hydrogen) atoms. The molecule has 0 amide bonds. The molecule has 0 fully saturated rings. The summed E-state index contributed by atoms with van der Waals surface area (Å²) in [6, 6.07) is 5.01. The molecule has 0 bridgehead atoms. The van der Waals surface area contributed by atoms with Gasteiger partial charge in [0.2, 0.25) is 0 Å². The lowest BCUT2D eigenvalue weighted by Gasteiger charge is -2.06. The van der Waals surface area contributed by atoms with E-state index in [0.29, 0.717) is 22.8 Å². The average Bonchev–Trinajstić information content (AvgIpc) is 2.19. The quantitative estimate of drug-likeness (QED) is 0.307. The van der Waals surface area contributed by atoms with E-state index in [-0.39, 0.29) is 0 Å². The molecule has 0 aliphatic heterocycles. The van der Waals surface area contributed by atoms with Gasteiger partial charge in [0.05, 0.1) is 12.2 Å². The lowest BCUT2D eigenvalue weighted by Crippen LogP contribution is -2.10. The third-order valence-corrected chi connectivity index (χ3v) is 2.05. The lowest BCUT2D eigenvalue weighted by atomic mass is 10.2. The number of nitrogens with two attached hydrogens (primary N) is 1. The van der Waals surface area contributed by atoms with E-state index in [1.165, 1.54) is 0 Å². The Labute approximate surface area is 87.8 Å².